The summed E-state index contributed by atoms with van der Waals surface area (Å²) in [6.45, 7) is 0.537. The Balaban J connectivity index is 1.41. The van der Waals surface area contributed by atoms with E-state index in [9.17, 15) is 23.1 Å². The van der Waals surface area contributed by atoms with Gasteiger partial charge in [-0.15, -0.1) is 11.3 Å². The Bertz CT molecular complexity index is 1800. The van der Waals surface area contributed by atoms with Crippen LogP contribution in [0.1, 0.15) is 39.2 Å². The standard InChI is InChI=1S/C29H31N7O6S2/c30-29(31)32-9-3-6-23(28(38)39)35-27(37)26-22(8-11-43-26)36-44(40,41)24-14-20(13-19-7-10-42-25(19)24)21-5-2-1-4-18(21)12-17-15-33-34-16-17/h1-2,4-5,8,11,13-16,23,36H,3,6-7,9-10,12H2,(H,33,34)(H,35,37)(H,38,39)(H4,30,31,32)/t23-/m0/s1. The summed E-state index contributed by atoms with van der Waals surface area (Å²) in [5.74, 6) is -1.81. The second-order valence-electron chi connectivity index (χ2n) is 10.1. The van der Waals surface area contributed by atoms with Crippen LogP contribution in [0, 0.1) is 0 Å². The monoisotopic (exact) mass is 637 g/mol. The summed E-state index contributed by atoms with van der Waals surface area (Å²) in [5.41, 5.74) is 14.9. The average molecular weight is 638 g/mol. The van der Waals surface area contributed by atoms with Crippen LogP contribution in [0.3, 0.4) is 0 Å². The number of guanidine groups is 1. The van der Waals surface area contributed by atoms with E-state index in [1.165, 1.54) is 6.07 Å². The van der Waals surface area contributed by atoms with E-state index in [0.29, 0.717) is 31.4 Å². The lowest BCUT2D eigenvalue weighted by molar-refractivity contribution is -0.139. The number of carboxylic acids is 1. The van der Waals surface area contributed by atoms with Crippen molar-refractivity contribution in [2.45, 2.75) is 36.6 Å². The zero-order chi connectivity index (χ0) is 31.3. The fourth-order valence-corrected chi connectivity index (χ4v) is 7.03. The minimum Gasteiger partial charge on any atom is -0.492 e. The van der Waals surface area contributed by atoms with Crippen molar-refractivity contribution in [3.63, 3.8) is 0 Å². The molecule has 0 saturated heterocycles. The van der Waals surface area contributed by atoms with Gasteiger partial charge in [0.05, 0.1) is 18.5 Å². The fraction of sp³-hybridized carbons (Fsp3) is 0.241. The first kappa shape index (κ1) is 30.6. The maximum atomic E-state index is 13.9. The Kier molecular flexibility index (Phi) is 9.15. The van der Waals surface area contributed by atoms with Crippen molar-refractivity contribution in [2.24, 2.45) is 16.5 Å². The van der Waals surface area contributed by atoms with E-state index < -0.39 is 27.9 Å². The summed E-state index contributed by atoms with van der Waals surface area (Å²) in [5, 5.41) is 20.4. The van der Waals surface area contributed by atoms with Crippen LogP contribution in [-0.2, 0) is 27.7 Å². The number of carboxylic acid groups (broad SMARTS) is 1. The number of carbonyl (C=O) groups is 2. The summed E-state index contributed by atoms with van der Waals surface area (Å²) < 4.78 is 36.0. The second-order valence-corrected chi connectivity index (χ2v) is 12.7. The summed E-state index contributed by atoms with van der Waals surface area (Å²) in [6.07, 6.45) is 5.08. The Morgan fingerprint density at radius 2 is 2.02 bits per heavy atom. The molecule has 0 spiro atoms. The molecule has 2 aromatic heterocycles. The molecule has 0 fully saturated rings. The third kappa shape index (κ3) is 7.01. The first-order chi connectivity index (χ1) is 21.1. The molecule has 0 unspecified atom stereocenters. The highest BCUT2D eigenvalue weighted by Gasteiger charge is 2.30. The molecule has 5 rings (SSSR count). The van der Waals surface area contributed by atoms with Crippen molar-refractivity contribution in [1.29, 1.82) is 0 Å². The van der Waals surface area contributed by atoms with Gasteiger partial charge in [0.25, 0.3) is 15.9 Å². The highest BCUT2D eigenvalue weighted by atomic mass is 32.2. The zero-order valence-corrected chi connectivity index (χ0v) is 25.1. The molecule has 1 aliphatic heterocycles. The minimum atomic E-state index is -4.25. The number of anilines is 1. The number of amides is 1. The van der Waals surface area contributed by atoms with Crippen LogP contribution in [0.15, 0.2) is 70.1 Å². The Morgan fingerprint density at radius 3 is 2.77 bits per heavy atom. The van der Waals surface area contributed by atoms with Gasteiger partial charge in [0, 0.05) is 25.6 Å². The van der Waals surface area contributed by atoms with Crippen LogP contribution < -0.4 is 26.2 Å². The molecule has 1 atom stereocenters. The first-order valence-electron chi connectivity index (χ1n) is 13.7. The lowest BCUT2D eigenvalue weighted by atomic mass is 9.94. The number of aliphatic imine (C=N–C) groups is 1. The van der Waals surface area contributed by atoms with Crippen LogP contribution in [0.2, 0.25) is 0 Å². The maximum Gasteiger partial charge on any atom is 0.326 e. The smallest absolute Gasteiger partial charge is 0.326 e. The predicted octanol–water partition coefficient (Wildman–Crippen LogP) is 2.70. The van der Waals surface area contributed by atoms with Crippen molar-refractivity contribution in [3.05, 3.63) is 81.8 Å². The van der Waals surface area contributed by atoms with Gasteiger partial charge in [0.2, 0.25) is 0 Å². The number of aliphatic carboxylic acids is 1. The molecule has 0 bridgehead atoms. The highest BCUT2D eigenvalue weighted by Crippen LogP contribution is 2.39. The lowest BCUT2D eigenvalue weighted by Crippen LogP contribution is -2.40. The molecule has 0 radical (unpaired) electrons. The van der Waals surface area contributed by atoms with Crippen LogP contribution in [0.4, 0.5) is 5.69 Å². The van der Waals surface area contributed by atoms with E-state index in [1.807, 2.05) is 36.5 Å². The van der Waals surface area contributed by atoms with Crippen molar-refractivity contribution in [2.75, 3.05) is 17.9 Å². The summed E-state index contributed by atoms with van der Waals surface area (Å²) >= 11 is 0.983. The van der Waals surface area contributed by atoms with E-state index in [4.69, 9.17) is 16.2 Å². The molecule has 3 heterocycles. The number of fused-ring (bicyclic) bond motifs is 1. The van der Waals surface area contributed by atoms with E-state index in [-0.39, 0.29) is 40.1 Å². The number of nitrogens with zero attached hydrogens (tertiary/aromatic N) is 2. The van der Waals surface area contributed by atoms with Gasteiger partial charge >= 0.3 is 5.97 Å². The molecule has 13 nitrogen and oxygen atoms in total. The number of aromatic nitrogens is 2. The fourth-order valence-electron chi connectivity index (χ4n) is 4.93. The number of benzene rings is 2. The van der Waals surface area contributed by atoms with Crippen LogP contribution in [-0.4, -0.2) is 60.8 Å². The van der Waals surface area contributed by atoms with Gasteiger partial charge in [0.15, 0.2) is 5.96 Å². The molecular weight excluding hydrogens is 606 g/mol. The number of hydrogen-bond donors (Lipinski definition) is 6. The van der Waals surface area contributed by atoms with E-state index in [1.54, 1.807) is 17.6 Å². The highest BCUT2D eigenvalue weighted by molar-refractivity contribution is 7.92. The number of carbonyl (C=O) groups excluding carboxylic acids is 1. The first-order valence-corrected chi connectivity index (χ1v) is 16.0. The van der Waals surface area contributed by atoms with Crippen molar-refractivity contribution >= 4 is 44.9 Å². The number of H-pyrrole nitrogens is 1. The van der Waals surface area contributed by atoms with Crippen LogP contribution in [0.5, 0.6) is 5.75 Å². The lowest BCUT2D eigenvalue weighted by Gasteiger charge is -2.16. The van der Waals surface area contributed by atoms with Gasteiger partial charge in [0.1, 0.15) is 21.6 Å². The van der Waals surface area contributed by atoms with E-state index in [2.05, 4.69) is 25.2 Å². The Hall–Kier alpha value is -4.89. The Morgan fingerprint density at radius 1 is 1.20 bits per heavy atom. The normalized spacial score (nSPS) is 13.0. The zero-order valence-electron chi connectivity index (χ0n) is 23.4. The molecule has 0 aliphatic carbocycles. The SMILES string of the molecule is NC(N)=NCCC[C@H](NC(=O)c1sccc1NS(=O)(=O)c1cc(-c2ccccc2Cc2cn[nH]c2)cc2c1OCC2)C(=O)O. The van der Waals surface area contributed by atoms with E-state index in [0.717, 1.165) is 33.6 Å². The molecular formula is C29H31N7O6S2. The number of nitrogens with one attached hydrogen (secondary N) is 3. The summed E-state index contributed by atoms with van der Waals surface area (Å²) in [6, 6.07) is 11.5. The minimum absolute atomic E-state index is 0.0169. The molecule has 1 amide bonds. The number of hydrogen-bond acceptors (Lipinski definition) is 8. The molecule has 15 heteroatoms. The van der Waals surface area contributed by atoms with Gasteiger partial charge in [-0.25, -0.2) is 13.2 Å². The van der Waals surface area contributed by atoms with Crippen LogP contribution in [0.25, 0.3) is 11.1 Å². The van der Waals surface area contributed by atoms with Crippen molar-refractivity contribution < 1.29 is 27.9 Å². The molecule has 1 aliphatic rings. The number of nitrogens with two attached hydrogens (primary N) is 2. The maximum absolute atomic E-state index is 13.9. The second kappa shape index (κ2) is 13.2. The van der Waals surface area contributed by atoms with Crippen LogP contribution >= 0.6 is 11.3 Å². The molecule has 2 aromatic carbocycles. The average Bonchev–Trinajstić information content (AvgIpc) is 3.76. The number of sulfonamides is 1. The topological polar surface area (TPSA) is 215 Å². The largest absolute Gasteiger partial charge is 0.492 e. The van der Waals surface area contributed by atoms with E-state index >= 15 is 0 Å². The molecule has 44 heavy (non-hydrogen) atoms. The number of ether oxygens (including phenoxy) is 1. The third-order valence-electron chi connectivity index (χ3n) is 6.98. The van der Waals surface area contributed by atoms with Gasteiger partial charge in [-0.2, -0.15) is 5.10 Å². The molecule has 4 aromatic rings. The summed E-state index contributed by atoms with van der Waals surface area (Å²) in [7, 11) is -4.25. The summed E-state index contributed by atoms with van der Waals surface area (Å²) in [4.78, 5) is 28.7. The van der Waals surface area contributed by atoms with Gasteiger partial charge in [-0.05, 0) is 64.2 Å². The quantitative estimate of drug-likeness (QED) is 0.0721. The van der Waals surface area contributed by atoms with Crippen molar-refractivity contribution in [3.8, 4) is 16.9 Å². The number of rotatable bonds is 13. The Labute approximate surface area is 257 Å². The predicted molar refractivity (Wildman–Crippen MR) is 166 cm³/mol. The number of aromatic amines is 1. The molecule has 0 saturated carbocycles. The number of thiophene rings is 1. The van der Waals surface area contributed by atoms with Gasteiger partial charge in [-0.3, -0.25) is 19.6 Å². The molecule has 230 valence electrons. The third-order valence-corrected chi connectivity index (χ3v) is 9.27. The van der Waals surface area contributed by atoms with Gasteiger partial charge < -0.3 is 26.6 Å². The van der Waals surface area contributed by atoms with Gasteiger partial charge in [-0.1, -0.05) is 24.3 Å². The van der Waals surface area contributed by atoms with Crippen molar-refractivity contribution in [1.82, 2.24) is 15.5 Å². The molecule has 8 N–H and O–H groups in total.